The van der Waals surface area contributed by atoms with Crippen LogP contribution in [0.3, 0.4) is 0 Å². The zero-order valence-corrected chi connectivity index (χ0v) is 13.8. The van der Waals surface area contributed by atoms with E-state index in [-0.39, 0.29) is 11.5 Å². The second-order valence-electron chi connectivity index (χ2n) is 5.61. The predicted molar refractivity (Wildman–Crippen MR) is 99.9 cm³/mol. The van der Waals surface area contributed by atoms with Gasteiger partial charge in [0.1, 0.15) is 0 Å². The van der Waals surface area contributed by atoms with Crippen LogP contribution in [0.1, 0.15) is 20.7 Å². The number of para-hydroxylation sites is 2. The first kappa shape index (κ1) is 17.2. The topological polar surface area (TPSA) is 104 Å². The SMILES string of the molecule is Nc1ccccc1NC(=O)c1ccc(C(=O)NO)c(-c2ccccc2)c1. The molecule has 0 saturated heterocycles. The van der Waals surface area contributed by atoms with Gasteiger partial charge in [-0.3, -0.25) is 14.8 Å². The molecule has 0 aromatic heterocycles. The number of hydrogen-bond donors (Lipinski definition) is 4. The average Bonchev–Trinajstić information content (AvgIpc) is 2.69. The van der Waals surface area contributed by atoms with Gasteiger partial charge in [-0.25, -0.2) is 5.48 Å². The molecule has 3 aromatic rings. The Hall–Kier alpha value is -3.64. The molecule has 2 amide bonds. The van der Waals surface area contributed by atoms with Crippen LogP contribution in [0.15, 0.2) is 72.8 Å². The van der Waals surface area contributed by atoms with Crippen molar-refractivity contribution < 1.29 is 14.8 Å². The van der Waals surface area contributed by atoms with Gasteiger partial charge in [0, 0.05) is 11.1 Å². The number of hydroxylamine groups is 1. The number of nitrogens with two attached hydrogens (primary N) is 1. The molecule has 130 valence electrons. The molecule has 0 bridgehead atoms. The van der Waals surface area contributed by atoms with E-state index in [0.717, 1.165) is 5.56 Å². The van der Waals surface area contributed by atoms with Gasteiger partial charge in [-0.2, -0.15) is 0 Å². The van der Waals surface area contributed by atoms with Gasteiger partial charge in [-0.05, 0) is 41.5 Å². The summed E-state index contributed by atoms with van der Waals surface area (Å²) in [6.45, 7) is 0. The van der Waals surface area contributed by atoms with Crippen LogP contribution in [0.5, 0.6) is 0 Å². The lowest BCUT2D eigenvalue weighted by Crippen LogP contribution is -2.20. The Morgan fingerprint density at radius 3 is 2.23 bits per heavy atom. The van der Waals surface area contributed by atoms with Gasteiger partial charge < -0.3 is 11.1 Å². The molecule has 0 saturated carbocycles. The monoisotopic (exact) mass is 347 g/mol. The van der Waals surface area contributed by atoms with E-state index in [4.69, 9.17) is 10.9 Å². The highest BCUT2D eigenvalue weighted by Gasteiger charge is 2.16. The summed E-state index contributed by atoms with van der Waals surface area (Å²) in [5.41, 5.74) is 10.4. The summed E-state index contributed by atoms with van der Waals surface area (Å²) in [5, 5.41) is 11.7. The number of nitrogens with one attached hydrogen (secondary N) is 2. The fourth-order valence-corrected chi connectivity index (χ4v) is 2.61. The smallest absolute Gasteiger partial charge is 0.275 e. The summed E-state index contributed by atoms with van der Waals surface area (Å²) in [6, 6.07) is 20.7. The lowest BCUT2D eigenvalue weighted by atomic mass is 9.96. The van der Waals surface area contributed by atoms with Crippen molar-refractivity contribution in [1.29, 1.82) is 0 Å². The van der Waals surface area contributed by atoms with E-state index in [1.165, 1.54) is 12.1 Å². The molecule has 0 aliphatic heterocycles. The van der Waals surface area contributed by atoms with Crippen LogP contribution in [-0.2, 0) is 0 Å². The number of carbonyl (C=O) groups excluding carboxylic acids is 2. The quantitative estimate of drug-likeness (QED) is 0.330. The van der Waals surface area contributed by atoms with E-state index in [9.17, 15) is 9.59 Å². The first-order valence-electron chi connectivity index (χ1n) is 7.90. The molecule has 0 heterocycles. The second kappa shape index (κ2) is 7.50. The van der Waals surface area contributed by atoms with E-state index >= 15 is 0 Å². The van der Waals surface area contributed by atoms with Crippen LogP contribution >= 0.6 is 0 Å². The molecule has 6 heteroatoms. The Balaban J connectivity index is 2.00. The molecule has 0 aliphatic rings. The summed E-state index contributed by atoms with van der Waals surface area (Å²) in [6.07, 6.45) is 0. The maximum Gasteiger partial charge on any atom is 0.275 e. The number of carbonyl (C=O) groups is 2. The molecule has 3 aromatic carbocycles. The van der Waals surface area contributed by atoms with Crippen molar-refractivity contribution in [2.24, 2.45) is 0 Å². The van der Waals surface area contributed by atoms with E-state index in [1.807, 2.05) is 30.3 Å². The van der Waals surface area contributed by atoms with Crippen LogP contribution in [-0.4, -0.2) is 17.0 Å². The molecule has 0 atom stereocenters. The van der Waals surface area contributed by atoms with Crippen molar-refractivity contribution in [1.82, 2.24) is 5.48 Å². The molecular formula is C20H17N3O3. The zero-order chi connectivity index (χ0) is 18.5. The Morgan fingerprint density at radius 2 is 1.54 bits per heavy atom. The molecule has 0 radical (unpaired) electrons. The Kier molecular flexibility index (Phi) is 4.96. The molecule has 6 nitrogen and oxygen atoms in total. The first-order chi connectivity index (χ1) is 12.6. The van der Waals surface area contributed by atoms with Crippen LogP contribution < -0.4 is 16.5 Å². The van der Waals surface area contributed by atoms with E-state index in [2.05, 4.69) is 5.32 Å². The van der Waals surface area contributed by atoms with Crippen molar-refractivity contribution in [3.63, 3.8) is 0 Å². The lowest BCUT2D eigenvalue weighted by Gasteiger charge is -2.12. The minimum Gasteiger partial charge on any atom is -0.397 e. The number of nitrogen functional groups attached to an aromatic ring is 1. The normalized spacial score (nSPS) is 10.2. The third-order valence-electron chi connectivity index (χ3n) is 3.92. The van der Waals surface area contributed by atoms with Gasteiger partial charge in [-0.1, -0.05) is 42.5 Å². The third-order valence-corrected chi connectivity index (χ3v) is 3.92. The van der Waals surface area contributed by atoms with Crippen LogP contribution in [0.2, 0.25) is 0 Å². The molecule has 5 N–H and O–H groups in total. The molecule has 0 spiro atoms. The number of hydrogen-bond acceptors (Lipinski definition) is 4. The minimum atomic E-state index is -0.650. The molecule has 26 heavy (non-hydrogen) atoms. The maximum atomic E-state index is 12.6. The standard InChI is InChI=1S/C20H17N3O3/c21-17-8-4-5-9-18(17)22-19(24)14-10-11-15(20(25)23-26)16(12-14)13-6-2-1-3-7-13/h1-12,26H,21H2,(H,22,24)(H,23,25). The van der Waals surface area contributed by atoms with E-state index in [0.29, 0.717) is 22.5 Å². The molecule has 3 rings (SSSR count). The number of amides is 2. The van der Waals surface area contributed by atoms with Crippen molar-refractivity contribution >= 4 is 23.2 Å². The Bertz CT molecular complexity index is 956. The Morgan fingerprint density at radius 1 is 0.846 bits per heavy atom. The predicted octanol–water partition coefficient (Wildman–Crippen LogP) is 3.31. The number of benzene rings is 3. The fraction of sp³-hybridized carbons (Fsp3) is 0. The highest BCUT2D eigenvalue weighted by atomic mass is 16.5. The maximum absolute atomic E-state index is 12.6. The highest BCUT2D eigenvalue weighted by Crippen LogP contribution is 2.26. The van der Waals surface area contributed by atoms with Crippen LogP contribution in [0.4, 0.5) is 11.4 Å². The summed E-state index contributed by atoms with van der Waals surface area (Å²) in [4.78, 5) is 24.5. The molecule has 0 fully saturated rings. The average molecular weight is 347 g/mol. The number of anilines is 2. The third kappa shape index (κ3) is 3.55. The van der Waals surface area contributed by atoms with Gasteiger partial charge >= 0.3 is 0 Å². The van der Waals surface area contributed by atoms with E-state index in [1.54, 1.807) is 35.8 Å². The van der Waals surface area contributed by atoms with Gasteiger partial charge in [0.05, 0.1) is 11.4 Å². The Labute approximate surface area is 150 Å². The lowest BCUT2D eigenvalue weighted by molar-refractivity contribution is 0.0707. The van der Waals surface area contributed by atoms with E-state index < -0.39 is 5.91 Å². The second-order valence-corrected chi connectivity index (χ2v) is 5.61. The highest BCUT2D eigenvalue weighted by molar-refractivity contribution is 6.08. The van der Waals surface area contributed by atoms with Gasteiger partial charge in [0.15, 0.2) is 0 Å². The number of rotatable bonds is 4. The summed E-state index contributed by atoms with van der Waals surface area (Å²) >= 11 is 0. The van der Waals surface area contributed by atoms with Gasteiger partial charge in [0.2, 0.25) is 0 Å². The van der Waals surface area contributed by atoms with Gasteiger partial charge in [0.25, 0.3) is 11.8 Å². The first-order valence-corrected chi connectivity index (χ1v) is 7.90. The van der Waals surface area contributed by atoms with Crippen molar-refractivity contribution in [2.75, 3.05) is 11.1 Å². The fourth-order valence-electron chi connectivity index (χ4n) is 2.61. The molecular weight excluding hydrogens is 330 g/mol. The zero-order valence-electron chi connectivity index (χ0n) is 13.8. The van der Waals surface area contributed by atoms with Crippen LogP contribution in [0.25, 0.3) is 11.1 Å². The van der Waals surface area contributed by atoms with Crippen molar-refractivity contribution in [3.05, 3.63) is 83.9 Å². The van der Waals surface area contributed by atoms with Crippen molar-refractivity contribution in [2.45, 2.75) is 0 Å². The van der Waals surface area contributed by atoms with Gasteiger partial charge in [-0.15, -0.1) is 0 Å². The largest absolute Gasteiger partial charge is 0.397 e. The summed E-state index contributed by atoms with van der Waals surface area (Å²) < 4.78 is 0. The molecule has 0 unspecified atom stereocenters. The molecule has 0 aliphatic carbocycles. The summed E-state index contributed by atoms with van der Waals surface area (Å²) in [7, 11) is 0. The minimum absolute atomic E-state index is 0.259. The summed E-state index contributed by atoms with van der Waals surface area (Å²) in [5.74, 6) is -1.00. The van der Waals surface area contributed by atoms with Crippen LogP contribution in [0, 0.1) is 0 Å². The van der Waals surface area contributed by atoms with Crippen molar-refractivity contribution in [3.8, 4) is 11.1 Å².